The van der Waals surface area contributed by atoms with Crippen LogP contribution in [0, 0.1) is 19.8 Å². The van der Waals surface area contributed by atoms with E-state index in [1.54, 1.807) is 33.4 Å². The predicted molar refractivity (Wildman–Crippen MR) is 594 cm³/mol. The van der Waals surface area contributed by atoms with E-state index in [9.17, 15) is 0 Å². The van der Waals surface area contributed by atoms with Crippen molar-refractivity contribution in [1.82, 2.24) is 9.80 Å². The van der Waals surface area contributed by atoms with Gasteiger partial charge in [-0.05, 0) is 246 Å². The summed E-state index contributed by atoms with van der Waals surface area (Å²) in [6, 6.07) is 26.3. The molecule has 8 fully saturated rings. The van der Waals surface area contributed by atoms with E-state index < -0.39 is 0 Å². The molecular formula is C121H242N4Y-2. The number of aryl methyl sites for hydroxylation is 6. The van der Waals surface area contributed by atoms with Crippen LogP contribution in [0.25, 0.3) is 0 Å². The van der Waals surface area contributed by atoms with Crippen molar-refractivity contribution < 1.29 is 32.7 Å². The quantitative estimate of drug-likeness (QED) is 0.145. The average molecular weight is 1840 g/mol. The second kappa shape index (κ2) is 151. The molecular weight excluding hydrogens is 1600 g/mol. The summed E-state index contributed by atoms with van der Waals surface area (Å²) in [6.45, 7) is 69.1. The monoisotopic (exact) mass is 1840 g/mol. The summed E-state index contributed by atoms with van der Waals surface area (Å²) in [4.78, 5) is 12.8. The van der Waals surface area contributed by atoms with E-state index >= 15 is 0 Å². The molecule has 4 aliphatic heterocycles. The van der Waals surface area contributed by atoms with Gasteiger partial charge in [0.15, 0.2) is 0 Å². The van der Waals surface area contributed by atoms with Crippen molar-refractivity contribution in [3.05, 3.63) is 132 Å². The number of hydrogen-bond acceptors (Lipinski definition) is 4. The molecule has 0 bridgehead atoms. The SMILES string of the molecule is C1=CCCCC1.C1=NCCC1.C1=NCCCC1.C1CCC1.C1CCCC1.C1CCCC1.C1CCCC1.C1CCCCC1.CC.CC.CC.CC.CC.CC.CC.CC.CC.CC.CC.CC.CC.CC1CCCCCC1.CN1CCCCC1.CN1CCCCCC1.[CH2-]CCC[CH2-].[Y].c1ccc2c(c1)CCC2.c1ccc2c(c1)CCCC2.c1ccc2c(c1)CCCC2. The molecule has 10 aliphatic carbocycles. The predicted octanol–water partition coefficient (Wildman–Crippen LogP) is 42.0. The second-order valence-corrected chi connectivity index (χ2v) is 31.2. The molecule has 6 saturated carbocycles. The Hall–Kier alpha value is -2.24. The summed E-state index contributed by atoms with van der Waals surface area (Å²) in [6.07, 6.45) is 94.7. The summed E-state index contributed by atoms with van der Waals surface area (Å²) in [7, 11) is 4.41. The normalized spacial score (nSPS) is 16.9. The van der Waals surface area contributed by atoms with E-state index in [-0.39, 0.29) is 32.7 Å². The molecule has 4 heterocycles. The number of allylic oxidation sites excluding steroid dienone is 2. The van der Waals surface area contributed by atoms with Gasteiger partial charge in [0.2, 0.25) is 0 Å². The molecule has 0 unspecified atom stereocenters. The third kappa shape index (κ3) is 122. The van der Waals surface area contributed by atoms with Crippen molar-refractivity contribution >= 4 is 12.4 Å². The van der Waals surface area contributed by atoms with Gasteiger partial charge in [-0.25, -0.2) is 0 Å². The van der Waals surface area contributed by atoms with E-state index in [2.05, 4.69) is 140 Å². The molecule has 126 heavy (non-hydrogen) atoms. The fraction of sp³-hybridized carbons (Fsp3) is 0.802. The molecule has 0 spiro atoms. The summed E-state index contributed by atoms with van der Waals surface area (Å²) in [5.74, 6) is 1.03. The van der Waals surface area contributed by atoms with Crippen LogP contribution in [0.15, 0.2) is 94.9 Å². The summed E-state index contributed by atoms with van der Waals surface area (Å²) in [5.41, 5.74) is 9.44. The minimum atomic E-state index is 0. The zero-order chi connectivity index (χ0) is 96.3. The number of fused-ring (bicyclic) bond motifs is 3. The number of rotatable bonds is 2. The Bertz CT molecular complexity index is 1960. The van der Waals surface area contributed by atoms with Crippen LogP contribution in [0.5, 0.6) is 0 Å². The zero-order valence-electron chi connectivity index (χ0n) is 93.0. The first-order valence-corrected chi connectivity index (χ1v) is 56.8. The van der Waals surface area contributed by atoms with Gasteiger partial charge in [0.1, 0.15) is 0 Å². The first kappa shape index (κ1) is 149. The number of piperidine rings is 1. The molecule has 751 valence electrons. The Morgan fingerprint density at radius 1 is 0.238 bits per heavy atom. The minimum absolute atomic E-state index is 0. The Labute approximate surface area is 828 Å². The second-order valence-electron chi connectivity index (χ2n) is 31.2. The van der Waals surface area contributed by atoms with Crippen molar-refractivity contribution in [1.29, 1.82) is 0 Å². The van der Waals surface area contributed by atoms with Gasteiger partial charge in [-0.2, -0.15) is 12.8 Å². The first-order chi connectivity index (χ1) is 62.0. The first-order valence-electron chi connectivity index (χ1n) is 56.8. The number of hydrogen-bond donors (Lipinski definition) is 0. The molecule has 0 aromatic heterocycles. The average Bonchev–Trinajstić information content (AvgIpc) is 1.62. The van der Waals surface area contributed by atoms with Crippen molar-refractivity contribution in [2.24, 2.45) is 15.9 Å². The van der Waals surface area contributed by atoms with E-state index in [1.807, 2.05) is 192 Å². The van der Waals surface area contributed by atoms with Crippen LogP contribution in [0.1, 0.15) is 573 Å². The van der Waals surface area contributed by atoms with Crippen LogP contribution < -0.4 is 0 Å². The van der Waals surface area contributed by atoms with Gasteiger partial charge >= 0.3 is 0 Å². The third-order valence-electron chi connectivity index (χ3n) is 21.7. The summed E-state index contributed by atoms with van der Waals surface area (Å²) >= 11 is 0. The fourth-order valence-electron chi connectivity index (χ4n) is 14.6. The number of nitrogens with zero attached hydrogens (tertiary/aromatic N) is 4. The van der Waals surface area contributed by atoms with E-state index in [0.29, 0.717) is 0 Å². The molecule has 5 heteroatoms. The topological polar surface area (TPSA) is 31.2 Å². The Balaban J connectivity index is -0.000000109. The molecule has 0 atom stereocenters. The molecule has 0 amide bonds. The van der Waals surface area contributed by atoms with Crippen LogP contribution in [-0.2, 0) is 71.2 Å². The van der Waals surface area contributed by atoms with Crippen molar-refractivity contribution in [3.8, 4) is 0 Å². The van der Waals surface area contributed by atoms with Crippen molar-refractivity contribution in [2.45, 2.75) is 579 Å². The minimum Gasteiger partial charge on any atom is -0.343 e. The van der Waals surface area contributed by atoms with Crippen molar-refractivity contribution in [3.63, 3.8) is 0 Å². The maximum absolute atomic E-state index is 4.05. The number of likely N-dealkylation sites (tertiary alicyclic amines) is 2. The summed E-state index contributed by atoms with van der Waals surface area (Å²) in [5, 5.41) is 0. The summed E-state index contributed by atoms with van der Waals surface area (Å²) < 4.78 is 0. The Kier molecular flexibility index (Phi) is 179. The molecule has 17 rings (SSSR count). The molecule has 3 aromatic carbocycles. The molecule has 14 aliphatic rings. The van der Waals surface area contributed by atoms with E-state index in [0.717, 1.165) is 31.8 Å². The number of benzene rings is 3. The van der Waals surface area contributed by atoms with Gasteiger partial charge in [0.25, 0.3) is 0 Å². The molecule has 2 saturated heterocycles. The Morgan fingerprint density at radius 2 is 0.429 bits per heavy atom. The Morgan fingerprint density at radius 3 is 0.587 bits per heavy atom. The van der Waals surface area contributed by atoms with E-state index in [4.69, 9.17) is 0 Å². The van der Waals surface area contributed by atoms with Gasteiger partial charge in [0.05, 0.1) is 0 Å². The maximum Gasteiger partial charge on any atom is 0.0388 e. The van der Waals surface area contributed by atoms with Crippen molar-refractivity contribution in [2.75, 3.05) is 53.4 Å². The number of aliphatic imine (C=N–C) groups is 2. The number of unbranched alkanes of at least 4 members (excludes halogenated alkanes) is 2. The van der Waals surface area contributed by atoms with Crippen LogP contribution in [0.2, 0.25) is 0 Å². The standard InChI is InChI=1S/2C10H12.C9H10.C8H16.C7H15N.C6H13N.C6H12.C6H10.C5H9N.4C5H10.C4H7N.C4H8.13C2H6.Y/c2*1-2-6-10-8-4-3-7-9(10)5-1;1-2-5-9-7-3-6-8(9)4-1;2*1-8-6-4-2-3-5-7-8;1-7-5-3-2-4-6-7;3*1-2-4-6-5-3-1;3*1-2-4-5-3-1;1-3-5-4-2;1-2-4-5-3-1;1-2-4-3-1;13*1-2;/h2*1-2,5-6H,3-4,7-8H2;1-2,4-5H,3,6-7H2;8H,2-7H2,1H3;2-7H2,1H3;2-6H2,1H3;1-6H2;1-2H,3-6H2;4H,1-3,5H2;4*1-5H2;3H,1-2,4H2;1-4H2;13*1-2H3;/q;;;;;;;;;;;;-2;;;;;;;;;;;;;;;;. The molecule has 0 N–H and O–H groups in total. The van der Waals surface area contributed by atoms with Crippen LogP contribution in [-0.4, -0.2) is 75.6 Å². The third-order valence-corrected chi connectivity index (χ3v) is 21.7. The largest absolute Gasteiger partial charge is 0.343 e. The maximum atomic E-state index is 4.05. The van der Waals surface area contributed by atoms with Crippen LogP contribution in [0.3, 0.4) is 0 Å². The molecule has 1 radical (unpaired) electrons. The van der Waals surface area contributed by atoms with E-state index in [1.165, 1.54) is 405 Å². The molecule has 3 aromatic rings. The fourth-order valence-corrected chi connectivity index (χ4v) is 14.6. The smallest absolute Gasteiger partial charge is 0.0388 e. The van der Waals surface area contributed by atoms with Gasteiger partial charge < -0.3 is 23.6 Å². The zero-order valence-corrected chi connectivity index (χ0v) is 95.8. The van der Waals surface area contributed by atoms with Gasteiger partial charge in [-0.3, -0.25) is 9.98 Å². The van der Waals surface area contributed by atoms with Gasteiger partial charge in [-0.1, -0.05) is 490 Å². The van der Waals surface area contributed by atoms with Crippen LogP contribution >= 0.6 is 0 Å². The van der Waals surface area contributed by atoms with Crippen LogP contribution in [0.4, 0.5) is 0 Å². The molecule has 4 nitrogen and oxygen atoms in total. The van der Waals surface area contributed by atoms with Gasteiger partial charge in [0, 0.05) is 45.8 Å². The van der Waals surface area contributed by atoms with Gasteiger partial charge in [-0.15, -0.1) is 6.42 Å².